The van der Waals surface area contributed by atoms with Crippen LogP contribution >= 0.6 is 11.8 Å². The molecule has 2 aromatic carbocycles. The van der Waals surface area contributed by atoms with Gasteiger partial charge in [-0.2, -0.15) is 0 Å². The highest BCUT2D eigenvalue weighted by Gasteiger charge is 2.10. The Labute approximate surface area is 129 Å². The number of halogens is 1. The van der Waals surface area contributed by atoms with Crippen LogP contribution in [0.5, 0.6) is 0 Å². The number of hydrazine groups is 1. The highest BCUT2D eigenvalue weighted by atomic mass is 32.2. The molecule has 3 N–H and O–H groups in total. The molecule has 1 unspecified atom stereocenters. The molecule has 0 saturated heterocycles. The minimum Gasteiger partial charge on any atom is -0.271 e. The zero-order chi connectivity index (χ0) is 15.1. The van der Waals surface area contributed by atoms with E-state index in [9.17, 15) is 4.39 Å². The Kier molecular flexibility index (Phi) is 6.23. The molecule has 0 aromatic heterocycles. The normalized spacial score (nSPS) is 12.3. The van der Waals surface area contributed by atoms with Crippen molar-refractivity contribution < 1.29 is 4.39 Å². The number of hydrogen-bond acceptors (Lipinski definition) is 3. The van der Waals surface area contributed by atoms with Crippen molar-refractivity contribution in [3.63, 3.8) is 0 Å². The summed E-state index contributed by atoms with van der Waals surface area (Å²) < 4.78 is 12.9. The molecule has 0 radical (unpaired) electrons. The van der Waals surface area contributed by atoms with Crippen LogP contribution in [0.3, 0.4) is 0 Å². The van der Waals surface area contributed by atoms with Gasteiger partial charge in [-0.1, -0.05) is 37.6 Å². The fraction of sp³-hybridized carbons (Fsp3) is 0.294. The highest BCUT2D eigenvalue weighted by Crippen LogP contribution is 2.25. The van der Waals surface area contributed by atoms with Gasteiger partial charge in [-0.05, 0) is 41.8 Å². The number of thioether (sulfide) groups is 1. The summed E-state index contributed by atoms with van der Waals surface area (Å²) in [7, 11) is 0. The van der Waals surface area contributed by atoms with Crippen LogP contribution in [0.2, 0.25) is 0 Å². The zero-order valence-electron chi connectivity index (χ0n) is 12.2. The lowest BCUT2D eigenvalue weighted by Gasteiger charge is -2.17. The van der Waals surface area contributed by atoms with Crippen LogP contribution in [0, 0.1) is 5.82 Å². The van der Waals surface area contributed by atoms with Crippen molar-refractivity contribution in [3.05, 3.63) is 65.5 Å². The van der Waals surface area contributed by atoms with Crippen LogP contribution < -0.4 is 11.3 Å². The van der Waals surface area contributed by atoms with Gasteiger partial charge in [0.05, 0.1) is 6.04 Å². The molecule has 0 bridgehead atoms. The predicted octanol–water partition coefficient (Wildman–Crippen LogP) is 4.07. The fourth-order valence-corrected chi connectivity index (χ4v) is 3.18. The molecule has 0 aliphatic heterocycles. The van der Waals surface area contributed by atoms with Crippen molar-refractivity contribution in [3.8, 4) is 0 Å². The minimum absolute atomic E-state index is 0.0804. The molecule has 0 amide bonds. The van der Waals surface area contributed by atoms with Gasteiger partial charge in [0, 0.05) is 10.6 Å². The van der Waals surface area contributed by atoms with Gasteiger partial charge in [-0.15, -0.1) is 11.8 Å². The van der Waals surface area contributed by atoms with E-state index in [1.54, 1.807) is 23.9 Å². The average molecular weight is 304 g/mol. The largest absolute Gasteiger partial charge is 0.271 e. The topological polar surface area (TPSA) is 38.0 Å². The van der Waals surface area contributed by atoms with Crippen molar-refractivity contribution in [1.82, 2.24) is 5.43 Å². The Bertz CT molecular complexity index is 557. The van der Waals surface area contributed by atoms with Crippen molar-refractivity contribution in [2.24, 2.45) is 5.84 Å². The van der Waals surface area contributed by atoms with Crippen molar-refractivity contribution in [2.45, 2.75) is 30.7 Å². The Morgan fingerprint density at radius 1 is 1.19 bits per heavy atom. The van der Waals surface area contributed by atoms with E-state index in [4.69, 9.17) is 5.84 Å². The first kappa shape index (κ1) is 16.0. The van der Waals surface area contributed by atoms with E-state index in [0.717, 1.165) is 23.5 Å². The average Bonchev–Trinajstić information content (AvgIpc) is 2.50. The maximum atomic E-state index is 12.9. The van der Waals surface area contributed by atoms with Crippen molar-refractivity contribution in [1.29, 1.82) is 0 Å². The smallest absolute Gasteiger partial charge is 0.123 e. The highest BCUT2D eigenvalue weighted by molar-refractivity contribution is 7.99. The molecular weight excluding hydrogens is 283 g/mol. The summed E-state index contributed by atoms with van der Waals surface area (Å²) in [6.07, 6.45) is 2.21. The number of aryl methyl sites for hydroxylation is 1. The standard InChI is InChI=1S/C17H21FN2S/c1-2-4-13-5-3-6-14(11-13)17(20-19)12-21-16-9-7-15(18)8-10-16/h3,5-11,17,20H,2,4,12,19H2,1H3. The Hall–Kier alpha value is -1.36. The van der Waals surface area contributed by atoms with Gasteiger partial charge in [0.2, 0.25) is 0 Å². The first-order chi connectivity index (χ1) is 10.2. The summed E-state index contributed by atoms with van der Waals surface area (Å²) in [5.41, 5.74) is 5.40. The summed E-state index contributed by atoms with van der Waals surface area (Å²) in [6.45, 7) is 2.18. The molecule has 1 atom stereocenters. The molecular formula is C17H21FN2S. The first-order valence-corrected chi connectivity index (χ1v) is 8.15. The molecule has 0 fully saturated rings. The van der Waals surface area contributed by atoms with Crippen LogP contribution in [0.4, 0.5) is 4.39 Å². The van der Waals surface area contributed by atoms with Crippen LogP contribution in [-0.2, 0) is 6.42 Å². The Morgan fingerprint density at radius 2 is 1.95 bits per heavy atom. The molecule has 112 valence electrons. The van der Waals surface area contributed by atoms with Crippen LogP contribution in [-0.4, -0.2) is 5.75 Å². The van der Waals surface area contributed by atoms with Crippen molar-refractivity contribution in [2.75, 3.05) is 5.75 Å². The van der Waals surface area contributed by atoms with Gasteiger partial charge >= 0.3 is 0 Å². The number of nitrogens with two attached hydrogens (primary N) is 1. The lowest BCUT2D eigenvalue weighted by atomic mass is 10.0. The Balaban J connectivity index is 2.02. The minimum atomic E-state index is -0.208. The van der Waals surface area contributed by atoms with Gasteiger partial charge in [0.1, 0.15) is 5.82 Å². The number of benzene rings is 2. The summed E-state index contributed by atoms with van der Waals surface area (Å²) >= 11 is 1.67. The molecule has 0 spiro atoms. The quantitative estimate of drug-likeness (QED) is 0.460. The maximum absolute atomic E-state index is 12.9. The Morgan fingerprint density at radius 3 is 2.62 bits per heavy atom. The van der Waals surface area contributed by atoms with Gasteiger partial charge in [-0.25, -0.2) is 4.39 Å². The second kappa shape index (κ2) is 8.17. The molecule has 0 heterocycles. The SMILES string of the molecule is CCCc1cccc(C(CSc2ccc(F)cc2)NN)c1. The molecule has 2 nitrogen and oxygen atoms in total. The van der Waals surface area contributed by atoms with Crippen LogP contribution in [0.15, 0.2) is 53.4 Å². The third kappa shape index (κ3) is 4.84. The number of hydrogen-bond donors (Lipinski definition) is 2. The first-order valence-electron chi connectivity index (χ1n) is 7.16. The van der Waals surface area contributed by atoms with E-state index in [1.807, 2.05) is 0 Å². The fourth-order valence-electron chi connectivity index (χ4n) is 2.20. The number of nitrogens with one attached hydrogen (secondary N) is 1. The van der Waals surface area contributed by atoms with E-state index in [2.05, 4.69) is 36.6 Å². The molecule has 0 aliphatic carbocycles. The van der Waals surface area contributed by atoms with Crippen LogP contribution in [0.1, 0.15) is 30.5 Å². The molecule has 4 heteroatoms. The molecule has 0 saturated carbocycles. The molecule has 21 heavy (non-hydrogen) atoms. The molecule has 2 aromatic rings. The van der Waals surface area contributed by atoms with Gasteiger partial charge in [0.25, 0.3) is 0 Å². The lowest BCUT2D eigenvalue weighted by molar-refractivity contribution is 0.609. The second-order valence-corrected chi connectivity index (χ2v) is 6.07. The van der Waals surface area contributed by atoms with E-state index in [1.165, 1.54) is 23.3 Å². The predicted molar refractivity (Wildman–Crippen MR) is 87.6 cm³/mol. The summed E-state index contributed by atoms with van der Waals surface area (Å²) in [6, 6.07) is 15.2. The van der Waals surface area contributed by atoms with E-state index in [-0.39, 0.29) is 11.9 Å². The number of rotatable bonds is 7. The third-order valence-electron chi connectivity index (χ3n) is 3.32. The summed E-state index contributed by atoms with van der Waals surface area (Å²) in [4.78, 5) is 1.04. The molecule has 0 aliphatic rings. The second-order valence-electron chi connectivity index (χ2n) is 4.98. The summed E-state index contributed by atoms with van der Waals surface area (Å²) in [5.74, 6) is 6.29. The van der Waals surface area contributed by atoms with Crippen molar-refractivity contribution >= 4 is 11.8 Å². The van der Waals surface area contributed by atoms with E-state index < -0.39 is 0 Å². The van der Waals surface area contributed by atoms with Crippen LogP contribution in [0.25, 0.3) is 0 Å². The monoisotopic (exact) mass is 304 g/mol. The van der Waals surface area contributed by atoms with Gasteiger partial charge in [0.15, 0.2) is 0 Å². The van der Waals surface area contributed by atoms with E-state index in [0.29, 0.717) is 0 Å². The lowest BCUT2D eigenvalue weighted by Crippen LogP contribution is -2.29. The molecule has 2 rings (SSSR count). The zero-order valence-corrected chi connectivity index (χ0v) is 13.0. The summed E-state index contributed by atoms with van der Waals surface area (Å²) in [5, 5.41) is 0. The third-order valence-corrected chi connectivity index (χ3v) is 4.43. The van der Waals surface area contributed by atoms with Gasteiger partial charge < -0.3 is 0 Å². The van der Waals surface area contributed by atoms with Gasteiger partial charge in [-0.3, -0.25) is 11.3 Å². The van der Waals surface area contributed by atoms with E-state index >= 15 is 0 Å². The maximum Gasteiger partial charge on any atom is 0.123 e.